The molecule has 1 fully saturated rings. The predicted molar refractivity (Wildman–Crippen MR) is 64.2 cm³/mol. The molecule has 0 radical (unpaired) electrons. The zero-order valence-corrected chi connectivity index (χ0v) is 10.6. The highest BCUT2D eigenvalue weighted by Gasteiger charge is 2.22. The molecule has 0 amide bonds. The Morgan fingerprint density at radius 2 is 2.00 bits per heavy atom. The topological polar surface area (TPSA) is 25.4 Å². The van der Waals surface area contributed by atoms with Gasteiger partial charge in [-0.25, -0.2) is 0 Å². The van der Waals surface area contributed by atoms with Crippen LogP contribution in [0.15, 0.2) is 22.9 Å². The van der Waals surface area contributed by atoms with Crippen LogP contribution < -0.4 is 4.90 Å². The van der Waals surface area contributed by atoms with E-state index >= 15 is 0 Å². The highest BCUT2D eigenvalue weighted by Crippen LogP contribution is 2.22. The third-order valence-electron chi connectivity index (χ3n) is 2.48. The van der Waals surface area contributed by atoms with Gasteiger partial charge in [-0.1, -0.05) is 0 Å². The molecule has 0 aliphatic carbocycles. The Balaban J connectivity index is 2.16. The van der Waals surface area contributed by atoms with E-state index in [4.69, 9.17) is 4.74 Å². The van der Waals surface area contributed by atoms with Crippen molar-refractivity contribution >= 4 is 21.6 Å². The highest BCUT2D eigenvalue weighted by atomic mass is 79.9. The molecule has 0 saturated carbocycles. The molecule has 0 N–H and O–H groups in total. The fourth-order valence-electron chi connectivity index (χ4n) is 1.96. The van der Waals surface area contributed by atoms with Crippen LogP contribution in [0.5, 0.6) is 0 Å². The molecule has 0 unspecified atom stereocenters. The van der Waals surface area contributed by atoms with Gasteiger partial charge in [0.25, 0.3) is 0 Å². The second-order valence-corrected chi connectivity index (χ2v) is 4.94. The summed E-state index contributed by atoms with van der Waals surface area (Å²) in [4.78, 5) is 6.50. The molecule has 2 heterocycles. The van der Waals surface area contributed by atoms with Crippen molar-refractivity contribution in [3.05, 3.63) is 22.9 Å². The number of halogens is 1. The average molecular weight is 271 g/mol. The van der Waals surface area contributed by atoms with Crippen molar-refractivity contribution in [2.24, 2.45) is 0 Å². The summed E-state index contributed by atoms with van der Waals surface area (Å²) < 4.78 is 6.71. The minimum Gasteiger partial charge on any atom is -0.372 e. The maximum absolute atomic E-state index is 5.69. The third kappa shape index (κ3) is 2.69. The third-order valence-corrected chi connectivity index (χ3v) is 2.91. The minimum atomic E-state index is 0.285. The molecule has 82 valence electrons. The lowest BCUT2D eigenvalue weighted by Crippen LogP contribution is -2.45. The van der Waals surface area contributed by atoms with Crippen LogP contribution in [0.3, 0.4) is 0 Å². The number of morpholine rings is 1. The summed E-state index contributed by atoms with van der Waals surface area (Å²) in [7, 11) is 0. The molecule has 1 aromatic rings. The van der Waals surface area contributed by atoms with Crippen molar-refractivity contribution in [1.82, 2.24) is 4.98 Å². The Labute approximate surface area is 98.6 Å². The van der Waals surface area contributed by atoms with Crippen molar-refractivity contribution in [3.8, 4) is 0 Å². The van der Waals surface area contributed by atoms with Crippen LogP contribution in [0.25, 0.3) is 0 Å². The summed E-state index contributed by atoms with van der Waals surface area (Å²) in [5, 5.41) is 0. The molecule has 2 atom stereocenters. The van der Waals surface area contributed by atoms with Crippen LogP contribution in [0, 0.1) is 0 Å². The van der Waals surface area contributed by atoms with E-state index in [0.717, 1.165) is 23.2 Å². The summed E-state index contributed by atoms with van der Waals surface area (Å²) in [6.45, 7) is 6.08. The van der Waals surface area contributed by atoms with Gasteiger partial charge in [-0.15, -0.1) is 0 Å². The molecule has 1 aliphatic rings. The van der Waals surface area contributed by atoms with Crippen molar-refractivity contribution in [1.29, 1.82) is 0 Å². The zero-order valence-electron chi connectivity index (χ0n) is 8.98. The van der Waals surface area contributed by atoms with Gasteiger partial charge in [0.1, 0.15) is 0 Å². The first-order chi connectivity index (χ1) is 7.15. The van der Waals surface area contributed by atoms with E-state index in [1.54, 1.807) is 6.20 Å². The SMILES string of the molecule is C[C@@H]1CN(c2cncc(Br)c2)C[C@@H](C)O1. The van der Waals surface area contributed by atoms with E-state index in [0.29, 0.717) is 0 Å². The Bertz CT molecular complexity index is 335. The number of hydrogen-bond acceptors (Lipinski definition) is 3. The standard InChI is InChI=1S/C11H15BrN2O/c1-8-6-14(7-9(2)15-8)11-3-10(12)4-13-5-11/h3-5,8-9H,6-7H2,1-2H3/t8-,9-/m1/s1. The van der Waals surface area contributed by atoms with Crippen LogP contribution in [0.2, 0.25) is 0 Å². The molecule has 4 heteroatoms. The van der Waals surface area contributed by atoms with E-state index in [1.807, 2.05) is 6.20 Å². The summed E-state index contributed by atoms with van der Waals surface area (Å²) >= 11 is 3.44. The molecule has 0 bridgehead atoms. The first-order valence-electron chi connectivity index (χ1n) is 5.16. The minimum absolute atomic E-state index is 0.285. The summed E-state index contributed by atoms with van der Waals surface area (Å²) in [5.41, 5.74) is 1.16. The molecule has 0 spiro atoms. The molecule has 1 aromatic heterocycles. The van der Waals surface area contributed by atoms with Crippen molar-refractivity contribution in [3.63, 3.8) is 0 Å². The Morgan fingerprint density at radius 1 is 1.33 bits per heavy atom. The van der Waals surface area contributed by atoms with Crippen LogP contribution in [-0.4, -0.2) is 30.3 Å². The van der Waals surface area contributed by atoms with Crippen LogP contribution in [-0.2, 0) is 4.74 Å². The molecular weight excluding hydrogens is 256 g/mol. The first-order valence-corrected chi connectivity index (χ1v) is 5.95. The number of nitrogens with zero attached hydrogens (tertiary/aromatic N) is 2. The largest absolute Gasteiger partial charge is 0.372 e. The van der Waals surface area contributed by atoms with Crippen LogP contribution in [0.4, 0.5) is 5.69 Å². The van der Waals surface area contributed by atoms with Gasteiger partial charge in [0.15, 0.2) is 0 Å². The molecular formula is C11H15BrN2O. The van der Waals surface area contributed by atoms with E-state index in [9.17, 15) is 0 Å². The van der Waals surface area contributed by atoms with Crippen molar-refractivity contribution < 1.29 is 4.74 Å². The summed E-state index contributed by atoms with van der Waals surface area (Å²) in [6, 6.07) is 2.09. The van der Waals surface area contributed by atoms with Crippen molar-refractivity contribution in [2.45, 2.75) is 26.1 Å². The quantitative estimate of drug-likeness (QED) is 0.784. The highest BCUT2D eigenvalue weighted by molar-refractivity contribution is 9.10. The molecule has 3 nitrogen and oxygen atoms in total. The Morgan fingerprint density at radius 3 is 2.60 bits per heavy atom. The molecule has 2 rings (SSSR count). The maximum Gasteiger partial charge on any atom is 0.0726 e. The van der Waals surface area contributed by atoms with Gasteiger partial charge in [0.2, 0.25) is 0 Å². The number of pyridine rings is 1. The molecule has 1 aliphatic heterocycles. The normalized spacial score (nSPS) is 26.7. The lowest BCUT2D eigenvalue weighted by atomic mass is 10.2. The monoisotopic (exact) mass is 270 g/mol. The lowest BCUT2D eigenvalue weighted by molar-refractivity contribution is -0.00523. The number of rotatable bonds is 1. The molecule has 0 aromatic carbocycles. The second-order valence-electron chi connectivity index (χ2n) is 4.02. The van der Waals surface area contributed by atoms with E-state index in [2.05, 4.69) is 45.7 Å². The van der Waals surface area contributed by atoms with Crippen LogP contribution in [0.1, 0.15) is 13.8 Å². The fraction of sp³-hybridized carbons (Fsp3) is 0.545. The van der Waals surface area contributed by atoms with Gasteiger partial charge >= 0.3 is 0 Å². The molecule has 15 heavy (non-hydrogen) atoms. The second kappa shape index (κ2) is 4.49. The first kappa shape index (κ1) is 10.9. The van der Waals surface area contributed by atoms with E-state index in [-0.39, 0.29) is 12.2 Å². The number of hydrogen-bond donors (Lipinski definition) is 0. The van der Waals surface area contributed by atoms with Crippen molar-refractivity contribution in [2.75, 3.05) is 18.0 Å². The Kier molecular flexibility index (Phi) is 3.26. The number of ether oxygens (including phenoxy) is 1. The number of anilines is 1. The summed E-state index contributed by atoms with van der Waals surface area (Å²) in [6.07, 6.45) is 4.27. The average Bonchev–Trinajstić information content (AvgIpc) is 2.16. The predicted octanol–water partition coefficient (Wildman–Crippen LogP) is 2.46. The lowest BCUT2D eigenvalue weighted by Gasteiger charge is -2.36. The fourth-order valence-corrected chi connectivity index (χ4v) is 2.32. The number of aromatic nitrogens is 1. The van der Waals surface area contributed by atoms with E-state index < -0.39 is 0 Å². The van der Waals surface area contributed by atoms with Gasteiger partial charge in [-0.3, -0.25) is 4.98 Å². The van der Waals surface area contributed by atoms with Gasteiger partial charge in [-0.05, 0) is 35.8 Å². The van der Waals surface area contributed by atoms with E-state index in [1.165, 1.54) is 0 Å². The zero-order chi connectivity index (χ0) is 10.8. The van der Waals surface area contributed by atoms with Gasteiger partial charge < -0.3 is 9.64 Å². The van der Waals surface area contributed by atoms with Crippen LogP contribution >= 0.6 is 15.9 Å². The Hall–Kier alpha value is -0.610. The summed E-state index contributed by atoms with van der Waals surface area (Å²) in [5.74, 6) is 0. The molecule has 1 saturated heterocycles. The maximum atomic E-state index is 5.69. The van der Waals surface area contributed by atoms with Gasteiger partial charge in [0.05, 0.1) is 24.1 Å². The van der Waals surface area contributed by atoms with Gasteiger partial charge in [0, 0.05) is 23.8 Å². The van der Waals surface area contributed by atoms with Gasteiger partial charge in [-0.2, -0.15) is 0 Å². The smallest absolute Gasteiger partial charge is 0.0726 e.